The molecule has 3 heterocycles. The van der Waals surface area contributed by atoms with Crippen LogP contribution < -0.4 is 5.69 Å². The summed E-state index contributed by atoms with van der Waals surface area (Å²) < 4.78 is 5.45. The number of para-hydroxylation sites is 1. The monoisotopic (exact) mass is 393 g/mol. The Morgan fingerprint density at radius 2 is 1.83 bits per heavy atom. The second kappa shape index (κ2) is 6.90. The fourth-order valence-electron chi connectivity index (χ4n) is 4.68. The van der Waals surface area contributed by atoms with Crippen LogP contribution in [0.2, 0.25) is 0 Å². The number of carbonyl (C=O) groups is 1. The molecule has 1 amide bonds. The number of rotatable bonds is 4. The van der Waals surface area contributed by atoms with Crippen LogP contribution in [-0.4, -0.2) is 42.8 Å². The minimum atomic E-state index is -0.00281. The first-order chi connectivity index (χ1) is 14.0. The summed E-state index contributed by atoms with van der Waals surface area (Å²) in [6, 6.07) is 8.55. The van der Waals surface area contributed by atoms with Gasteiger partial charge in [0.05, 0.1) is 6.42 Å². The Kier molecular flexibility index (Phi) is 4.33. The number of aromatic nitrogens is 4. The van der Waals surface area contributed by atoms with Gasteiger partial charge in [-0.3, -0.25) is 9.36 Å². The topological polar surface area (TPSA) is 65.1 Å². The number of aryl methyl sites for hydroxylation is 2. The summed E-state index contributed by atoms with van der Waals surface area (Å²) in [7, 11) is 3.75. The lowest BCUT2D eigenvalue weighted by Crippen LogP contribution is -2.39. The molecule has 0 radical (unpaired) electrons. The van der Waals surface area contributed by atoms with E-state index >= 15 is 0 Å². The Balaban J connectivity index is 1.28. The van der Waals surface area contributed by atoms with Crippen LogP contribution >= 0.6 is 0 Å². The van der Waals surface area contributed by atoms with E-state index in [1.165, 1.54) is 4.68 Å². The summed E-state index contributed by atoms with van der Waals surface area (Å²) in [5.41, 5.74) is 2.24. The average Bonchev–Trinajstić information content (AvgIpc) is 3.46. The van der Waals surface area contributed by atoms with Crippen LogP contribution in [-0.2, 0) is 25.3 Å². The molecule has 3 aromatic rings. The molecule has 5 rings (SSSR count). The predicted octanol–water partition coefficient (Wildman–Crippen LogP) is 2.36. The summed E-state index contributed by atoms with van der Waals surface area (Å²) >= 11 is 0. The Bertz CT molecular complexity index is 1130. The Morgan fingerprint density at radius 3 is 2.55 bits per heavy atom. The third-order valence-electron chi connectivity index (χ3n) is 6.43. The first kappa shape index (κ1) is 18.2. The standard InChI is InChI=1S/C22H27N5O2/c1-24-14-16(18-5-3-4-6-19(18)24)13-20(28)26-11-9-15(10-12-26)21-23-25(2)22(29)27(21)17-7-8-17/h3-6,14-15,17H,7-13H2,1-2H3. The largest absolute Gasteiger partial charge is 0.350 e. The van der Waals surface area contributed by atoms with Crippen molar-refractivity contribution >= 4 is 16.8 Å². The molecule has 1 saturated heterocycles. The number of carbonyl (C=O) groups excluding carboxylic acids is 1. The highest BCUT2D eigenvalue weighted by molar-refractivity contribution is 5.89. The molecule has 1 aromatic carbocycles. The van der Waals surface area contributed by atoms with Gasteiger partial charge >= 0.3 is 5.69 Å². The summed E-state index contributed by atoms with van der Waals surface area (Å²) in [4.78, 5) is 27.3. The van der Waals surface area contributed by atoms with Crippen molar-refractivity contribution in [1.82, 2.24) is 23.8 Å². The van der Waals surface area contributed by atoms with Crippen molar-refractivity contribution in [2.45, 2.75) is 44.1 Å². The minimum Gasteiger partial charge on any atom is -0.350 e. The van der Waals surface area contributed by atoms with Gasteiger partial charge in [0.15, 0.2) is 0 Å². The molecule has 152 valence electrons. The van der Waals surface area contributed by atoms with E-state index in [0.717, 1.165) is 61.1 Å². The number of piperidine rings is 1. The van der Waals surface area contributed by atoms with Crippen LogP contribution in [0, 0.1) is 0 Å². The number of amides is 1. The van der Waals surface area contributed by atoms with Crippen molar-refractivity contribution in [2.75, 3.05) is 13.1 Å². The molecule has 7 heteroatoms. The molecule has 1 aliphatic heterocycles. The summed E-state index contributed by atoms with van der Waals surface area (Å²) in [6.07, 6.45) is 6.37. The molecule has 0 unspecified atom stereocenters. The van der Waals surface area contributed by atoms with Crippen LogP contribution in [0.1, 0.15) is 49.0 Å². The van der Waals surface area contributed by atoms with Crippen molar-refractivity contribution in [1.29, 1.82) is 0 Å². The molecule has 2 fully saturated rings. The van der Waals surface area contributed by atoms with E-state index in [1.807, 2.05) is 28.6 Å². The number of benzene rings is 1. The van der Waals surface area contributed by atoms with Crippen LogP contribution in [0.4, 0.5) is 0 Å². The van der Waals surface area contributed by atoms with Gasteiger partial charge in [-0.15, -0.1) is 0 Å². The fraction of sp³-hybridized carbons (Fsp3) is 0.500. The molecule has 0 bridgehead atoms. The van der Waals surface area contributed by atoms with Crippen LogP contribution in [0.5, 0.6) is 0 Å². The number of likely N-dealkylation sites (tertiary alicyclic amines) is 1. The zero-order valence-electron chi connectivity index (χ0n) is 17.0. The second-order valence-corrected chi connectivity index (χ2v) is 8.48. The van der Waals surface area contributed by atoms with E-state index in [4.69, 9.17) is 0 Å². The molecule has 0 N–H and O–H groups in total. The van der Waals surface area contributed by atoms with Crippen molar-refractivity contribution in [3.05, 3.63) is 52.3 Å². The molecular weight excluding hydrogens is 366 g/mol. The molecule has 2 aromatic heterocycles. The quantitative estimate of drug-likeness (QED) is 0.684. The van der Waals surface area contributed by atoms with E-state index in [0.29, 0.717) is 12.5 Å². The summed E-state index contributed by atoms with van der Waals surface area (Å²) in [6.45, 7) is 1.45. The lowest BCUT2D eigenvalue weighted by atomic mass is 9.95. The van der Waals surface area contributed by atoms with E-state index in [-0.39, 0.29) is 17.5 Å². The molecule has 0 spiro atoms. The Hall–Kier alpha value is -2.83. The number of hydrogen-bond acceptors (Lipinski definition) is 3. The van der Waals surface area contributed by atoms with Crippen LogP contribution in [0.15, 0.2) is 35.3 Å². The highest BCUT2D eigenvalue weighted by atomic mass is 16.2. The average molecular weight is 393 g/mol. The first-order valence-electron chi connectivity index (χ1n) is 10.5. The van der Waals surface area contributed by atoms with E-state index in [1.54, 1.807) is 7.05 Å². The van der Waals surface area contributed by atoms with Crippen molar-refractivity contribution < 1.29 is 4.79 Å². The third kappa shape index (κ3) is 3.18. The lowest BCUT2D eigenvalue weighted by molar-refractivity contribution is -0.131. The molecule has 7 nitrogen and oxygen atoms in total. The van der Waals surface area contributed by atoms with E-state index in [9.17, 15) is 9.59 Å². The van der Waals surface area contributed by atoms with Gasteiger partial charge in [0.25, 0.3) is 0 Å². The van der Waals surface area contributed by atoms with Crippen molar-refractivity contribution in [2.24, 2.45) is 14.1 Å². The Morgan fingerprint density at radius 1 is 1.10 bits per heavy atom. The Labute approximate surface area is 169 Å². The zero-order chi connectivity index (χ0) is 20.1. The van der Waals surface area contributed by atoms with E-state index in [2.05, 4.69) is 28.0 Å². The second-order valence-electron chi connectivity index (χ2n) is 8.48. The molecular formula is C22H27N5O2. The normalized spacial score (nSPS) is 17.9. The third-order valence-corrected chi connectivity index (χ3v) is 6.43. The van der Waals surface area contributed by atoms with Crippen LogP contribution in [0.3, 0.4) is 0 Å². The van der Waals surface area contributed by atoms with E-state index < -0.39 is 0 Å². The summed E-state index contributed by atoms with van der Waals surface area (Å²) in [5, 5.41) is 5.68. The zero-order valence-corrected chi connectivity index (χ0v) is 17.0. The number of hydrogen-bond donors (Lipinski definition) is 0. The van der Waals surface area contributed by atoms with Crippen molar-refractivity contribution in [3.63, 3.8) is 0 Å². The predicted molar refractivity (Wildman–Crippen MR) is 111 cm³/mol. The molecule has 29 heavy (non-hydrogen) atoms. The number of nitrogens with zero attached hydrogens (tertiary/aromatic N) is 5. The van der Waals surface area contributed by atoms with Gasteiger partial charge < -0.3 is 9.47 Å². The van der Waals surface area contributed by atoms with Crippen molar-refractivity contribution in [3.8, 4) is 0 Å². The minimum absolute atomic E-state index is 0.00281. The fourth-order valence-corrected chi connectivity index (χ4v) is 4.68. The van der Waals surface area contributed by atoms with Gasteiger partial charge in [0, 0.05) is 56.2 Å². The highest BCUT2D eigenvalue weighted by Gasteiger charge is 2.34. The smallest absolute Gasteiger partial charge is 0.345 e. The molecule has 0 atom stereocenters. The maximum Gasteiger partial charge on any atom is 0.345 e. The van der Waals surface area contributed by atoms with Gasteiger partial charge in [0.2, 0.25) is 5.91 Å². The molecule has 1 aliphatic carbocycles. The highest BCUT2D eigenvalue weighted by Crippen LogP contribution is 2.37. The van der Waals surface area contributed by atoms with Gasteiger partial charge in [-0.1, -0.05) is 18.2 Å². The maximum atomic E-state index is 12.9. The van der Waals surface area contributed by atoms with Gasteiger partial charge in [-0.2, -0.15) is 5.10 Å². The molecule has 1 saturated carbocycles. The SMILES string of the molecule is Cn1nc(C2CCN(C(=O)Cc3cn(C)c4ccccc34)CC2)n(C2CC2)c1=O. The first-order valence-corrected chi connectivity index (χ1v) is 10.5. The van der Waals surface area contributed by atoms with Gasteiger partial charge in [0.1, 0.15) is 5.82 Å². The maximum absolute atomic E-state index is 12.9. The van der Waals surface area contributed by atoms with Crippen LogP contribution in [0.25, 0.3) is 10.9 Å². The lowest BCUT2D eigenvalue weighted by Gasteiger charge is -2.31. The van der Waals surface area contributed by atoms with Gasteiger partial charge in [-0.05, 0) is 37.3 Å². The molecule has 2 aliphatic rings. The number of fused-ring (bicyclic) bond motifs is 1. The van der Waals surface area contributed by atoms with Gasteiger partial charge in [-0.25, -0.2) is 9.48 Å². The summed E-state index contributed by atoms with van der Waals surface area (Å²) in [5.74, 6) is 1.35.